The van der Waals surface area contributed by atoms with E-state index in [0.717, 1.165) is 109 Å². The Balaban J connectivity index is 5.22. The molecule has 3 atom stereocenters. The number of carbonyl (C=O) groups excluding carboxylic acids is 2. The molecule has 0 fully saturated rings. The number of quaternary nitrogens is 1. The largest absolute Gasteiger partial charge is 0.472 e. The summed E-state index contributed by atoms with van der Waals surface area (Å²) in [5, 5.41) is 3.02. The van der Waals surface area contributed by atoms with Crippen molar-refractivity contribution in [1.82, 2.24) is 5.32 Å². The highest BCUT2D eigenvalue weighted by Gasteiger charge is 2.30. The first kappa shape index (κ1) is 78.1. The molecule has 2 N–H and O–H groups in total. The number of allylic oxidation sites excluding steroid dienone is 21. The Morgan fingerprint density at radius 3 is 1.22 bits per heavy atom. The summed E-state index contributed by atoms with van der Waals surface area (Å²) in [4.78, 5) is 37.8. The van der Waals surface area contributed by atoms with Gasteiger partial charge < -0.3 is 19.4 Å². The number of nitrogens with zero attached hydrogens (tertiary/aromatic N) is 1. The van der Waals surface area contributed by atoms with Crippen LogP contribution in [0.1, 0.15) is 258 Å². The van der Waals surface area contributed by atoms with Gasteiger partial charge in [-0.25, -0.2) is 4.57 Å². The van der Waals surface area contributed by atoms with Gasteiger partial charge in [-0.2, -0.15) is 0 Å². The summed E-state index contributed by atoms with van der Waals surface area (Å²) in [6.07, 6.45) is 86.1. The monoisotopic (exact) mass is 1160 g/mol. The number of hydrogen-bond donors (Lipinski definition) is 2. The Morgan fingerprint density at radius 1 is 0.439 bits per heavy atom. The number of phosphoric acid groups is 1. The number of nitrogens with one attached hydrogen (secondary N) is 1. The summed E-state index contributed by atoms with van der Waals surface area (Å²) in [5.41, 5.74) is 0. The summed E-state index contributed by atoms with van der Waals surface area (Å²) < 4.78 is 30.7. The van der Waals surface area contributed by atoms with Crippen LogP contribution in [0.2, 0.25) is 0 Å². The lowest BCUT2D eigenvalue weighted by Gasteiger charge is -2.27. The van der Waals surface area contributed by atoms with Gasteiger partial charge in [-0.15, -0.1) is 0 Å². The molecule has 0 bridgehead atoms. The standard InChI is InChI=1S/C72H123N2O7P/c1-7-10-13-16-19-22-25-28-30-32-33-34-35-36-37-38-39-40-41-43-45-47-50-53-56-59-62-65-72(76)81-70(63-60-57-54-51-48-27-24-21-18-15-12-9-3)69(68-80-82(77,78)79-67-66-74(4,5)6)73-71(75)64-61-58-55-52-49-46-44-42-31-29-26-23-20-17-14-11-8-2/h10,13,19-20,22-23,28-31,33-34,36-37,39-40,44,46,52,55,60,63,69-70H,7-9,11-12,14-18,21,24-27,32,35,38,41-43,45,47-51,53-54,56-59,61-62,64-68H2,1-6H3,(H-,73,75,77,78)/p+1/b13-10-,22-19-,23-20-,30-28-,31-29-,34-33-,37-36-,40-39-,46-44-,55-52-,63-60-. The topological polar surface area (TPSA) is 111 Å². The second-order valence-corrected chi connectivity index (χ2v) is 24.4. The van der Waals surface area contributed by atoms with Crippen LogP contribution in [-0.2, 0) is 27.9 Å². The quantitative estimate of drug-likeness (QED) is 0.0205. The van der Waals surface area contributed by atoms with Crippen molar-refractivity contribution in [2.45, 2.75) is 270 Å². The minimum absolute atomic E-state index is 0.0219. The molecule has 0 saturated heterocycles. The molecule has 468 valence electrons. The molecule has 0 saturated carbocycles. The van der Waals surface area contributed by atoms with Gasteiger partial charge in [0.1, 0.15) is 19.3 Å². The molecule has 0 aromatic rings. The lowest BCUT2D eigenvalue weighted by Crippen LogP contribution is -2.47. The Morgan fingerprint density at radius 2 is 0.793 bits per heavy atom. The third-order valence-electron chi connectivity index (χ3n) is 13.8. The number of carbonyl (C=O) groups is 2. The van der Waals surface area contributed by atoms with Crippen LogP contribution >= 0.6 is 7.82 Å². The zero-order valence-corrected chi connectivity index (χ0v) is 54.3. The van der Waals surface area contributed by atoms with Gasteiger partial charge in [0.25, 0.3) is 0 Å². The number of phosphoric ester groups is 1. The molecular formula is C72H124N2O7P+. The maximum Gasteiger partial charge on any atom is 0.472 e. The number of hydrogen-bond acceptors (Lipinski definition) is 6. The minimum Gasteiger partial charge on any atom is -0.456 e. The Hall–Kier alpha value is -3.85. The van der Waals surface area contributed by atoms with E-state index in [9.17, 15) is 19.0 Å². The van der Waals surface area contributed by atoms with Gasteiger partial charge in [0.05, 0.1) is 33.8 Å². The van der Waals surface area contributed by atoms with Crippen molar-refractivity contribution in [3.63, 3.8) is 0 Å². The molecule has 0 aliphatic rings. The van der Waals surface area contributed by atoms with Crippen molar-refractivity contribution in [3.8, 4) is 0 Å². The molecule has 0 aliphatic carbocycles. The zero-order chi connectivity index (χ0) is 60.0. The molecule has 10 heteroatoms. The van der Waals surface area contributed by atoms with Gasteiger partial charge in [0, 0.05) is 12.8 Å². The van der Waals surface area contributed by atoms with Crippen molar-refractivity contribution in [2.24, 2.45) is 0 Å². The molecule has 0 aliphatic heterocycles. The van der Waals surface area contributed by atoms with E-state index in [1.165, 1.54) is 103 Å². The molecular weight excluding hydrogens is 1040 g/mol. The van der Waals surface area contributed by atoms with Crippen LogP contribution in [0.4, 0.5) is 0 Å². The van der Waals surface area contributed by atoms with Crippen LogP contribution in [-0.4, -0.2) is 74.3 Å². The maximum atomic E-state index is 13.5. The highest BCUT2D eigenvalue weighted by Crippen LogP contribution is 2.43. The van der Waals surface area contributed by atoms with Gasteiger partial charge in [-0.05, 0) is 122 Å². The molecule has 0 radical (unpaired) electrons. The molecule has 9 nitrogen and oxygen atoms in total. The van der Waals surface area contributed by atoms with Crippen molar-refractivity contribution in [1.29, 1.82) is 0 Å². The normalized spacial score (nSPS) is 14.5. The van der Waals surface area contributed by atoms with E-state index in [4.69, 9.17) is 13.8 Å². The van der Waals surface area contributed by atoms with Crippen LogP contribution < -0.4 is 5.32 Å². The van der Waals surface area contributed by atoms with E-state index < -0.39 is 20.0 Å². The predicted octanol–water partition coefficient (Wildman–Crippen LogP) is 20.8. The minimum atomic E-state index is -4.48. The lowest BCUT2D eigenvalue weighted by atomic mass is 10.0. The van der Waals surface area contributed by atoms with E-state index >= 15 is 0 Å². The molecule has 0 spiro atoms. The molecule has 0 heterocycles. The number of amides is 1. The predicted molar refractivity (Wildman–Crippen MR) is 355 cm³/mol. The summed E-state index contributed by atoms with van der Waals surface area (Å²) >= 11 is 0. The van der Waals surface area contributed by atoms with Crippen molar-refractivity contribution in [2.75, 3.05) is 40.9 Å². The Bertz CT molecular complexity index is 1860. The first-order chi connectivity index (χ1) is 39.9. The summed E-state index contributed by atoms with van der Waals surface area (Å²) in [6, 6.07) is -0.890. The summed E-state index contributed by atoms with van der Waals surface area (Å²) in [7, 11) is 1.44. The van der Waals surface area contributed by atoms with Crippen LogP contribution in [0.15, 0.2) is 134 Å². The molecule has 0 aromatic heterocycles. The van der Waals surface area contributed by atoms with Gasteiger partial charge in [0.2, 0.25) is 5.91 Å². The van der Waals surface area contributed by atoms with E-state index in [0.29, 0.717) is 23.9 Å². The first-order valence-corrected chi connectivity index (χ1v) is 34.5. The zero-order valence-electron chi connectivity index (χ0n) is 53.4. The highest BCUT2D eigenvalue weighted by atomic mass is 31.2. The van der Waals surface area contributed by atoms with Gasteiger partial charge in [0.15, 0.2) is 0 Å². The Kier molecular flexibility index (Phi) is 57.4. The van der Waals surface area contributed by atoms with Crippen molar-refractivity contribution in [3.05, 3.63) is 134 Å². The summed E-state index contributed by atoms with van der Waals surface area (Å²) in [5.74, 6) is -0.588. The number of rotatable bonds is 58. The molecule has 1 amide bonds. The van der Waals surface area contributed by atoms with Crippen molar-refractivity contribution < 1.29 is 37.3 Å². The SMILES string of the molecule is CC/C=C\C/C=C\C/C=C\C/C=C\C/C=C\C/C=C\CCCCCCCCCCC(=O)OC(/C=C\CCCCCCCCCCCC)C(COP(=O)(O)OCC[N+](C)(C)C)NC(=O)CCC/C=C\C/C=C\C/C=C\C/C=C\CCCCC. The second-order valence-electron chi connectivity index (χ2n) is 22.9. The first-order valence-electron chi connectivity index (χ1n) is 33.0. The van der Waals surface area contributed by atoms with E-state index in [2.05, 4.69) is 148 Å². The number of esters is 1. The molecule has 0 rings (SSSR count). The van der Waals surface area contributed by atoms with Crippen LogP contribution in [0, 0.1) is 0 Å². The molecule has 3 unspecified atom stereocenters. The maximum absolute atomic E-state index is 13.5. The van der Waals surface area contributed by atoms with Gasteiger partial charge >= 0.3 is 13.8 Å². The fraction of sp³-hybridized carbons (Fsp3) is 0.667. The molecule has 0 aromatic carbocycles. The fourth-order valence-corrected chi connectivity index (χ4v) is 9.49. The Labute approximate surface area is 505 Å². The average Bonchev–Trinajstić information content (AvgIpc) is 3.44. The van der Waals surface area contributed by atoms with Crippen molar-refractivity contribution >= 4 is 19.7 Å². The van der Waals surface area contributed by atoms with Gasteiger partial charge in [-0.3, -0.25) is 18.6 Å². The van der Waals surface area contributed by atoms with Crippen LogP contribution in [0.5, 0.6) is 0 Å². The number of likely N-dealkylation sites (N-methyl/N-ethyl adjacent to an activating group) is 1. The second kappa shape index (κ2) is 60.3. The molecule has 82 heavy (non-hydrogen) atoms. The highest BCUT2D eigenvalue weighted by molar-refractivity contribution is 7.47. The number of ether oxygens (including phenoxy) is 1. The lowest BCUT2D eigenvalue weighted by molar-refractivity contribution is -0.870. The van der Waals surface area contributed by atoms with Crippen LogP contribution in [0.25, 0.3) is 0 Å². The third-order valence-corrected chi connectivity index (χ3v) is 14.8. The van der Waals surface area contributed by atoms with E-state index in [1.807, 2.05) is 33.3 Å². The van der Waals surface area contributed by atoms with E-state index in [1.54, 1.807) is 0 Å². The smallest absolute Gasteiger partial charge is 0.456 e. The average molecular weight is 1160 g/mol. The fourth-order valence-electron chi connectivity index (χ4n) is 8.76. The van der Waals surface area contributed by atoms with Crippen LogP contribution in [0.3, 0.4) is 0 Å². The van der Waals surface area contributed by atoms with E-state index in [-0.39, 0.29) is 37.9 Å². The summed E-state index contributed by atoms with van der Waals surface area (Å²) in [6.45, 7) is 6.81. The third kappa shape index (κ3) is 60.7. The van der Waals surface area contributed by atoms with Gasteiger partial charge in [-0.1, -0.05) is 258 Å². The number of unbranched alkanes of at least 4 members (excludes halogenated alkanes) is 22.